The highest BCUT2D eigenvalue weighted by molar-refractivity contribution is 9.10. The number of carbonyl (C=O) groups excluding carboxylic acids is 1. The van der Waals surface area contributed by atoms with Crippen LogP contribution in [0.15, 0.2) is 34.9 Å². The van der Waals surface area contributed by atoms with Gasteiger partial charge in [-0.15, -0.1) is 0 Å². The molecule has 2 amide bonds. The van der Waals surface area contributed by atoms with Crippen LogP contribution in [0.3, 0.4) is 0 Å². The summed E-state index contributed by atoms with van der Waals surface area (Å²) in [5, 5.41) is 5.42. The van der Waals surface area contributed by atoms with Gasteiger partial charge in [-0.3, -0.25) is 0 Å². The standard InChI is InChI=1S/C13H18BrN3O/c1-17(2)9-8-16-13(18)15-7-6-11-4-3-5-12(14)10-11/h3-7,10H,8-9H2,1-2H3,(H2,15,16,18)/b7-6+. The topological polar surface area (TPSA) is 44.4 Å². The molecular formula is C13H18BrN3O. The molecule has 0 fully saturated rings. The van der Waals surface area contributed by atoms with Crippen LogP contribution in [0.5, 0.6) is 0 Å². The maximum atomic E-state index is 11.4. The number of likely N-dealkylation sites (N-methyl/N-ethyl adjacent to an activating group) is 1. The SMILES string of the molecule is CN(C)CCNC(=O)N/C=C/c1cccc(Br)c1. The second-order valence-corrected chi connectivity index (χ2v) is 5.01. The normalized spacial score (nSPS) is 10.9. The summed E-state index contributed by atoms with van der Waals surface area (Å²) < 4.78 is 1.01. The predicted molar refractivity (Wildman–Crippen MR) is 78.3 cm³/mol. The van der Waals surface area contributed by atoms with Crippen LogP contribution in [0.1, 0.15) is 5.56 Å². The van der Waals surface area contributed by atoms with Crippen LogP contribution in [0, 0.1) is 0 Å². The lowest BCUT2D eigenvalue weighted by atomic mass is 10.2. The van der Waals surface area contributed by atoms with E-state index in [1.165, 1.54) is 0 Å². The Morgan fingerprint density at radius 2 is 2.22 bits per heavy atom. The molecule has 0 spiro atoms. The third-order valence-electron chi connectivity index (χ3n) is 2.18. The first-order chi connectivity index (χ1) is 8.58. The van der Waals surface area contributed by atoms with Crippen LogP contribution in [-0.4, -0.2) is 38.1 Å². The van der Waals surface area contributed by atoms with Crippen molar-refractivity contribution in [1.29, 1.82) is 0 Å². The number of nitrogens with zero attached hydrogens (tertiary/aromatic N) is 1. The Hall–Kier alpha value is -1.33. The van der Waals surface area contributed by atoms with E-state index in [0.29, 0.717) is 6.54 Å². The molecule has 1 aromatic rings. The lowest BCUT2D eigenvalue weighted by molar-refractivity contribution is 0.243. The first-order valence-electron chi connectivity index (χ1n) is 5.69. The van der Waals surface area contributed by atoms with Crippen molar-refractivity contribution in [2.24, 2.45) is 0 Å². The van der Waals surface area contributed by atoms with Crippen molar-refractivity contribution in [3.05, 3.63) is 40.5 Å². The van der Waals surface area contributed by atoms with Gasteiger partial charge in [0.2, 0.25) is 0 Å². The van der Waals surface area contributed by atoms with Crippen LogP contribution in [-0.2, 0) is 0 Å². The summed E-state index contributed by atoms with van der Waals surface area (Å²) in [5.41, 5.74) is 1.03. The number of hydrogen-bond donors (Lipinski definition) is 2. The molecule has 0 atom stereocenters. The first-order valence-corrected chi connectivity index (χ1v) is 6.48. The number of urea groups is 1. The van der Waals surface area contributed by atoms with Crippen LogP contribution in [0.25, 0.3) is 6.08 Å². The molecule has 0 heterocycles. The van der Waals surface area contributed by atoms with Crippen LogP contribution in [0.2, 0.25) is 0 Å². The molecule has 0 saturated heterocycles. The van der Waals surface area contributed by atoms with Gasteiger partial charge in [0, 0.05) is 23.8 Å². The molecule has 0 saturated carbocycles. The van der Waals surface area contributed by atoms with E-state index in [1.807, 2.05) is 49.3 Å². The van der Waals surface area contributed by atoms with Crippen molar-refractivity contribution < 1.29 is 4.79 Å². The van der Waals surface area contributed by atoms with Crippen LogP contribution in [0.4, 0.5) is 4.79 Å². The highest BCUT2D eigenvalue weighted by Crippen LogP contribution is 2.12. The Morgan fingerprint density at radius 1 is 1.44 bits per heavy atom. The Morgan fingerprint density at radius 3 is 2.89 bits per heavy atom. The second kappa shape index (κ2) is 7.89. The summed E-state index contributed by atoms with van der Waals surface area (Å²) >= 11 is 3.39. The summed E-state index contributed by atoms with van der Waals surface area (Å²) in [5.74, 6) is 0. The molecule has 0 radical (unpaired) electrons. The minimum atomic E-state index is -0.192. The van der Waals surface area contributed by atoms with E-state index in [0.717, 1.165) is 16.6 Å². The average Bonchev–Trinajstić information content (AvgIpc) is 2.28. The molecule has 0 aromatic heterocycles. The molecule has 1 aromatic carbocycles. The second-order valence-electron chi connectivity index (χ2n) is 4.09. The Bertz CT molecular complexity index is 418. The van der Waals surface area contributed by atoms with Crippen molar-refractivity contribution >= 4 is 28.0 Å². The van der Waals surface area contributed by atoms with Crippen LogP contribution >= 0.6 is 15.9 Å². The third-order valence-corrected chi connectivity index (χ3v) is 2.68. The zero-order chi connectivity index (χ0) is 13.4. The number of hydrogen-bond acceptors (Lipinski definition) is 2. The number of benzene rings is 1. The molecule has 2 N–H and O–H groups in total. The molecule has 0 unspecified atom stereocenters. The molecule has 98 valence electrons. The van der Waals surface area contributed by atoms with E-state index in [-0.39, 0.29) is 6.03 Å². The summed E-state index contributed by atoms with van der Waals surface area (Å²) in [6.45, 7) is 1.45. The third kappa shape index (κ3) is 6.42. The predicted octanol–water partition coefficient (Wildman–Crippen LogP) is 2.28. The van der Waals surface area contributed by atoms with Gasteiger partial charge >= 0.3 is 6.03 Å². The molecular weight excluding hydrogens is 294 g/mol. The van der Waals surface area contributed by atoms with Gasteiger partial charge in [0.05, 0.1) is 0 Å². The highest BCUT2D eigenvalue weighted by atomic mass is 79.9. The maximum Gasteiger partial charge on any atom is 0.318 e. The number of amides is 2. The fourth-order valence-corrected chi connectivity index (χ4v) is 1.68. The summed E-state index contributed by atoms with van der Waals surface area (Å²) in [6, 6.07) is 7.65. The largest absolute Gasteiger partial charge is 0.337 e. The zero-order valence-electron chi connectivity index (χ0n) is 10.6. The smallest absolute Gasteiger partial charge is 0.318 e. The molecule has 0 aliphatic rings. The Kier molecular flexibility index (Phi) is 6.46. The van der Waals surface area contributed by atoms with Gasteiger partial charge in [0.1, 0.15) is 0 Å². The Labute approximate surface area is 116 Å². The molecule has 1 rings (SSSR count). The van der Waals surface area contributed by atoms with Gasteiger partial charge in [-0.2, -0.15) is 0 Å². The summed E-state index contributed by atoms with van der Waals surface area (Å²) in [6.07, 6.45) is 3.48. The summed E-state index contributed by atoms with van der Waals surface area (Å²) in [7, 11) is 3.93. The fourth-order valence-electron chi connectivity index (χ4n) is 1.27. The number of carbonyl (C=O) groups is 1. The lowest BCUT2D eigenvalue weighted by Gasteiger charge is -2.09. The van der Waals surface area contributed by atoms with Gasteiger partial charge in [0.15, 0.2) is 0 Å². The van der Waals surface area contributed by atoms with E-state index in [2.05, 4.69) is 26.6 Å². The zero-order valence-corrected chi connectivity index (χ0v) is 12.2. The maximum absolute atomic E-state index is 11.4. The highest BCUT2D eigenvalue weighted by Gasteiger charge is 1.96. The van der Waals surface area contributed by atoms with Gasteiger partial charge in [-0.05, 0) is 37.9 Å². The van der Waals surface area contributed by atoms with Gasteiger partial charge in [-0.25, -0.2) is 4.79 Å². The molecule has 4 nitrogen and oxygen atoms in total. The van der Waals surface area contributed by atoms with Crippen molar-refractivity contribution in [2.75, 3.05) is 27.2 Å². The van der Waals surface area contributed by atoms with Crippen molar-refractivity contribution in [3.63, 3.8) is 0 Å². The monoisotopic (exact) mass is 311 g/mol. The minimum Gasteiger partial charge on any atom is -0.337 e. The van der Waals surface area contributed by atoms with E-state index in [9.17, 15) is 4.79 Å². The number of nitrogens with one attached hydrogen (secondary N) is 2. The molecule has 0 bridgehead atoms. The Balaban J connectivity index is 2.29. The number of halogens is 1. The van der Waals surface area contributed by atoms with E-state index in [1.54, 1.807) is 6.20 Å². The molecule has 18 heavy (non-hydrogen) atoms. The fraction of sp³-hybridized carbons (Fsp3) is 0.308. The molecule has 0 aliphatic heterocycles. The average molecular weight is 312 g/mol. The van der Waals surface area contributed by atoms with Gasteiger partial charge < -0.3 is 15.5 Å². The van der Waals surface area contributed by atoms with Crippen molar-refractivity contribution in [3.8, 4) is 0 Å². The van der Waals surface area contributed by atoms with E-state index >= 15 is 0 Å². The van der Waals surface area contributed by atoms with Gasteiger partial charge in [-0.1, -0.05) is 28.1 Å². The quantitative estimate of drug-likeness (QED) is 0.876. The first kappa shape index (κ1) is 14.7. The van der Waals surface area contributed by atoms with E-state index < -0.39 is 0 Å². The molecule has 0 aliphatic carbocycles. The lowest BCUT2D eigenvalue weighted by Crippen LogP contribution is -2.36. The van der Waals surface area contributed by atoms with E-state index in [4.69, 9.17) is 0 Å². The molecule has 5 heteroatoms. The van der Waals surface area contributed by atoms with Crippen LogP contribution < -0.4 is 10.6 Å². The van der Waals surface area contributed by atoms with Crippen molar-refractivity contribution in [2.45, 2.75) is 0 Å². The number of rotatable bonds is 5. The summed E-state index contributed by atoms with van der Waals surface area (Å²) in [4.78, 5) is 13.4. The minimum absolute atomic E-state index is 0.192. The van der Waals surface area contributed by atoms with Crippen molar-refractivity contribution in [1.82, 2.24) is 15.5 Å². The van der Waals surface area contributed by atoms with Gasteiger partial charge in [0.25, 0.3) is 0 Å².